The van der Waals surface area contributed by atoms with Gasteiger partial charge in [-0.25, -0.2) is 0 Å². The molecule has 5 heteroatoms. The van der Waals surface area contributed by atoms with E-state index in [1.165, 1.54) is 0 Å². The lowest BCUT2D eigenvalue weighted by Crippen LogP contribution is -2.21. The van der Waals surface area contributed by atoms with Crippen LogP contribution < -0.4 is 20.1 Å². The minimum atomic E-state index is -0.113. The minimum absolute atomic E-state index is 0.113. The molecule has 0 spiro atoms. The largest absolute Gasteiger partial charge is 0.490 e. The molecule has 0 aliphatic rings. The quantitative estimate of drug-likeness (QED) is 0.364. The molecule has 5 nitrogen and oxygen atoms in total. The maximum atomic E-state index is 12.3. The van der Waals surface area contributed by atoms with Crippen LogP contribution in [0, 0.1) is 0 Å². The standard InChI is InChI=1S/C26H24N2O3/c29-26(19-27-25-12-6-8-20-7-4-5-11-24(20)25)28-21-13-15-23(16-14-21)31-18-17-30-22-9-2-1-3-10-22/h1-16,27H,17-19H2,(H,28,29). The predicted molar refractivity (Wildman–Crippen MR) is 125 cm³/mol. The SMILES string of the molecule is O=C(CNc1cccc2ccccc12)Nc1ccc(OCCOc2ccccc2)cc1. The Balaban J connectivity index is 1.22. The second-order valence-corrected chi connectivity index (χ2v) is 6.96. The highest BCUT2D eigenvalue weighted by Gasteiger charge is 2.05. The summed E-state index contributed by atoms with van der Waals surface area (Å²) in [5, 5.41) is 8.34. The summed E-state index contributed by atoms with van der Waals surface area (Å²) in [6.07, 6.45) is 0. The number of hydrogen-bond acceptors (Lipinski definition) is 4. The average Bonchev–Trinajstić information content (AvgIpc) is 2.82. The highest BCUT2D eigenvalue weighted by molar-refractivity contribution is 5.97. The number of ether oxygens (including phenoxy) is 2. The summed E-state index contributed by atoms with van der Waals surface area (Å²) in [5.74, 6) is 1.43. The molecular weight excluding hydrogens is 388 g/mol. The van der Waals surface area contributed by atoms with E-state index in [9.17, 15) is 4.79 Å². The molecule has 0 saturated carbocycles. The summed E-state index contributed by atoms with van der Waals surface area (Å²) < 4.78 is 11.3. The van der Waals surface area contributed by atoms with E-state index in [0.717, 1.165) is 33.6 Å². The highest BCUT2D eigenvalue weighted by atomic mass is 16.5. The number of hydrogen-bond donors (Lipinski definition) is 2. The molecule has 4 aromatic rings. The average molecular weight is 412 g/mol. The van der Waals surface area contributed by atoms with Gasteiger partial charge in [0.2, 0.25) is 5.91 Å². The molecule has 0 aliphatic carbocycles. The van der Waals surface area contributed by atoms with Gasteiger partial charge in [0.25, 0.3) is 0 Å². The zero-order chi connectivity index (χ0) is 21.3. The second kappa shape index (κ2) is 10.2. The van der Waals surface area contributed by atoms with E-state index in [1.54, 1.807) is 0 Å². The fourth-order valence-corrected chi connectivity index (χ4v) is 3.23. The Morgan fingerprint density at radius 1 is 0.677 bits per heavy atom. The number of nitrogens with one attached hydrogen (secondary N) is 2. The molecule has 0 bridgehead atoms. The van der Waals surface area contributed by atoms with Crippen molar-refractivity contribution in [3.8, 4) is 11.5 Å². The number of amides is 1. The van der Waals surface area contributed by atoms with Crippen molar-refractivity contribution in [3.63, 3.8) is 0 Å². The molecule has 0 aliphatic heterocycles. The first-order valence-corrected chi connectivity index (χ1v) is 10.2. The van der Waals surface area contributed by atoms with Crippen LogP contribution in [0.5, 0.6) is 11.5 Å². The van der Waals surface area contributed by atoms with Crippen LogP contribution >= 0.6 is 0 Å². The lowest BCUT2D eigenvalue weighted by molar-refractivity contribution is -0.114. The molecule has 0 atom stereocenters. The number of rotatable bonds is 9. The third-order valence-electron chi connectivity index (χ3n) is 4.73. The van der Waals surface area contributed by atoms with Crippen LogP contribution in [0.2, 0.25) is 0 Å². The summed E-state index contributed by atoms with van der Waals surface area (Å²) in [6, 6.07) is 31.0. The van der Waals surface area contributed by atoms with Gasteiger partial charge in [-0.05, 0) is 47.9 Å². The molecule has 31 heavy (non-hydrogen) atoms. The number of carbonyl (C=O) groups is 1. The first-order chi connectivity index (χ1) is 15.3. The van der Waals surface area contributed by atoms with Gasteiger partial charge < -0.3 is 20.1 Å². The Labute approximate surface area is 181 Å². The second-order valence-electron chi connectivity index (χ2n) is 6.96. The lowest BCUT2D eigenvalue weighted by atomic mass is 10.1. The van der Waals surface area contributed by atoms with Gasteiger partial charge in [-0.3, -0.25) is 4.79 Å². The molecule has 0 heterocycles. The van der Waals surface area contributed by atoms with Crippen LogP contribution in [0.1, 0.15) is 0 Å². The van der Waals surface area contributed by atoms with Crippen LogP contribution in [0.15, 0.2) is 97.1 Å². The number of para-hydroxylation sites is 1. The minimum Gasteiger partial charge on any atom is -0.490 e. The van der Waals surface area contributed by atoms with Gasteiger partial charge in [-0.1, -0.05) is 54.6 Å². The Bertz CT molecular complexity index is 1120. The molecular formula is C26H24N2O3. The molecule has 0 saturated heterocycles. The van der Waals surface area contributed by atoms with Crippen LogP contribution in [0.4, 0.5) is 11.4 Å². The van der Waals surface area contributed by atoms with Crippen molar-refractivity contribution in [2.75, 3.05) is 30.4 Å². The summed E-state index contributed by atoms with van der Waals surface area (Å²) in [7, 11) is 0. The summed E-state index contributed by atoms with van der Waals surface area (Å²) >= 11 is 0. The highest BCUT2D eigenvalue weighted by Crippen LogP contribution is 2.23. The maximum Gasteiger partial charge on any atom is 0.243 e. The van der Waals surface area contributed by atoms with E-state index >= 15 is 0 Å². The van der Waals surface area contributed by atoms with Crippen molar-refractivity contribution < 1.29 is 14.3 Å². The van der Waals surface area contributed by atoms with Crippen molar-refractivity contribution >= 4 is 28.1 Å². The van der Waals surface area contributed by atoms with Crippen molar-refractivity contribution in [3.05, 3.63) is 97.1 Å². The van der Waals surface area contributed by atoms with Crippen LogP contribution in [0.25, 0.3) is 10.8 Å². The van der Waals surface area contributed by atoms with Crippen molar-refractivity contribution in [1.82, 2.24) is 0 Å². The monoisotopic (exact) mass is 412 g/mol. The normalized spacial score (nSPS) is 10.5. The lowest BCUT2D eigenvalue weighted by Gasteiger charge is -2.11. The van der Waals surface area contributed by atoms with Gasteiger partial charge in [0.05, 0.1) is 6.54 Å². The molecule has 2 N–H and O–H groups in total. The molecule has 156 valence electrons. The van der Waals surface area contributed by atoms with Gasteiger partial charge in [0.15, 0.2) is 0 Å². The van der Waals surface area contributed by atoms with Gasteiger partial charge in [-0.2, -0.15) is 0 Å². The number of fused-ring (bicyclic) bond motifs is 1. The van der Waals surface area contributed by atoms with Crippen LogP contribution in [-0.2, 0) is 4.79 Å². The Hall–Kier alpha value is -3.99. The van der Waals surface area contributed by atoms with E-state index in [-0.39, 0.29) is 12.5 Å². The maximum absolute atomic E-state index is 12.3. The fraction of sp³-hybridized carbons (Fsp3) is 0.115. The number of carbonyl (C=O) groups excluding carboxylic acids is 1. The number of benzene rings is 4. The zero-order valence-electron chi connectivity index (χ0n) is 17.1. The molecule has 0 fully saturated rings. The molecule has 1 amide bonds. The van der Waals surface area contributed by atoms with E-state index in [0.29, 0.717) is 13.2 Å². The van der Waals surface area contributed by atoms with Gasteiger partial charge in [0, 0.05) is 16.8 Å². The Morgan fingerprint density at radius 3 is 2.10 bits per heavy atom. The summed E-state index contributed by atoms with van der Waals surface area (Å²) in [6.45, 7) is 1.08. The van der Waals surface area contributed by atoms with E-state index < -0.39 is 0 Å². The Morgan fingerprint density at radius 2 is 1.32 bits per heavy atom. The molecule has 0 radical (unpaired) electrons. The predicted octanol–water partition coefficient (Wildman–Crippen LogP) is 5.35. The fourth-order valence-electron chi connectivity index (χ4n) is 3.23. The van der Waals surface area contributed by atoms with Gasteiger partial charge in [-0.15, -0.1) is 0 Å². The van der Waals surface area contributed by atoms with Gasteiger partial charge in [0.1, 0.15) is 24.7 Å². The van der Waals surface area contributed by atoms with E-state index in [2.05, 4.69) is 22.8 Å². The van der Waals surface area contributed by atoms with Crippen molar-refractivity contribution in [2.45, 2.75) is 0 Å². The molecule has 0 unspecified atom stereocenters. The molecule has 4 aromatic carbocycles. The van der Waals surface area contributed by atoms with Crippen LogP contribution in [-0.4, -0.2) is 25.7 Å². The zero-order valence-corrected chi connectivity index (χ0v) is 17.1. The Kier molecular flexibility index (Phi) is 6.65. The molecule has 4 rings (SSSR count). The van der Waals surface area contributed by atoms with Gasteiger partial charge >= 0.3 is 0 Å². The van der Waals surface area contributed by atoms with Crippen LogP contribution in [0.3, 0.4) is 0 Å². The van der Waals surface area contributed by atoms with Crippen molar-refractivity contribution in [1.29, 1.82) is 0 Å². The third-order valence-corrected chi connectivity index (χ3v) is 4.73. The first kappa shape index (κ1) is 20.3. The summed E-state index contributed by atoms with van der Waals surface area (Å²) in [5.41, 5.74) is 1.66. The third kappa shape index (κ3) is 5.76. The smallest absolute Gasteiger partial charge is 0.243 e. The molecule has 0 aromatic heterocycles. The van der Waals surface area contributed by atoms with E-state index in [4.69, 9.17) is 9.47 Å². The summed E-state index contributed by atoms with van der Waals surface area (Å²) in [4.78, 5) is 12.3. The van der Waals surface area contributed by atoms with E-state index in [1.807, 2.05) is 84.9 Å². The first-order valence-electron chi connectivity index (χ1n) is 10.2. The van der Waals surface area contributed by atoms with Crippen molar-refractivity contribution in [2.24, 2.45) is 0 Å². The number of anilines is 2. The topological polar surface area (TPSA) is 59.6 Å².